The second kappa shape index (κ2) is 7.12. The Labute approximate surface area is 139 Å². The number of ether oxygens (including phenoxy) is 1. The molecule has 134 valence electrons. The fourth-order valence-electron chi connectivity index (χ4n) is 2.41. The summed E-state index contributed by atoms with van der Waals surface area (Å²) in [7, 11) is -0.628. The molecular formula is C15H20F2N2O4S. The van der Waals surface area contributed by atoms with Crippen molar-refractivity contribution in [2.24, 2.45) is 5.92 Å². The molecule has 24 heavy (non-hydrogen) atoms. The van der Waals surface area contributed by atoms with Crippen LogP contribution in [0.25, 0.3) is 0 Å². The van der Waals surface area contributed by atoms with E-state index in [1.807, 2.05) is 0 Å². The van der Waals surface area contributed by atoms with Crippen molar-refractivity contribution in [3.63, 3.8) is 0 Å². The molecule has 1 amide bonds. The lowest BCUT2D eigenvalue weighted by Crippen LogP contribution is -2.43. The molecule has 1 aromatic rings. The lowest BCUT2D eigenvalue weighted by atomic mass is 10.0. The summed E-state index contributed by atoms with van der Waals surface area (Å²) in [5.41, 5.74) is -0.317. The van der Waals surface area contributed by atoms with Crippen molar-refractivity contribution in [2.45, 2.75) is 13.0 Å². The minimum absolute atomic E-state index is 0.100. The Bertz CT molecular complexity index is 737. The summed E-state index contributed by atoms with van der Waals surface area (Å²) in [6.07, 6.45) is 0. The van der Waals surface area contributed by atoms with Gasteiger partial charge in [-0.3, -0.25) is 4.79 Å². The predicted molar refractivity (Wildman–Crippen MR) is 84.1 cm³/mol. The highest BCUT2D eigenvalue weighted by Crippen LogP contribution is 2.20. The molecular weight excluding hydrogens is 342 g/mol. The van der Waals surface area contributed by atoms with E-state index in [1.54, 1.807) is 0 Å². The maximum atomic E-state index is 13.9. The minimum Gasteiger partial charge on any atom is -0.379 e. The SMILES string of the molecule is Cc1ccc(C(=O)N[C@@H]2COC[C@H]2CS(=O)(=O)N(C)C)c(F)c1F. The number of carbonyl (C=O) groups is 1. The van der Waals surface area contributed by atoms with Gasteiger partial charge in [0.05, 0.1) is 30.6 Å². The van der Waals surface area contributed by atoms with Gasteiger partial charge in [-0.05, 0) is 18.6 Å². The van der Waals surface area contributed by atoms with Gasteiger partial charge in [-0.15, -0.1) is 0 Å². The van der Waals surface area contributed by atoms with Crippen molar-refractivity contribution < 1.29 is 26.7 Å². The van der Waals surface area contributed by atoms with Gasteiger partial charge in [0.15, 0.2) is 11.6 Å². The van der Waals surface area contributed by atoms with Crippen LogP contribution in [0.2, 0.25) is 0 Å². The zero-order valence-electron chi connectivity index (χ0n) is 13.7. The Morgan fingerprint density at radius 2 is 1.96 bits per heavy atom. The Balaban J connectivity index is 2.12. The van der Waals surface area contributed by atoms with Gasteiger partial charge in [0.1, 0.15) is 0 Å². The van der Waals surface area contributed by atoms with Gasteiger partial charge >= 0.3 is 0 Å². The van der Waals surface area contributed by atoms with Gasteiger partial charge in [-0.25, -0.2) is 21.5 Å². The summed E-state index contributed by atoms with van der Waals surface area (Å²) in [6, 6.07) is 1.92. The summed E-state index contributed by atoms with van der Waals surface area (Å²) in [4.78, 5) is 12.2. The number of nitrogens with one attached hydrogen (secondary N) is 1. The number of rotatable bonds is 5. The molecule has 2 atom stereocenters. The van der Waals surface area contributed by atoms with Crippen LogP contribution in [-0.2, 0) is 14.8 Å². The zero-order valence-corrected chi connectivity index (χ0v) is 14.5. The maximum absolute atomic E-state index is 13.9. The molecule has 1 aliphatic heterocycles. The Morgan fingerprint density at radius 3 is 2.58 bits per heavy atom. The van der Waals surface area contributed by atoms with Crippen LogP contribution in [0.15, 0.2) is 12.1 Å². The Hall–Kier alpha value is -1.58. The number of benzene rings is 1. The average molecular weight is 362 g/mol. The third-order valence-electron chi connectivity index (χ3n) is 4.02. The molecule has 0 unspecified atom stereocenters. The van der Waals surface area contributed by atoms with Crippen LogP contribution >= 0.6 is 0 Å². The lowest BCUT2D eigenvalue weighted by molar-refractivity contribution is 0.0921. The molecule has 1 aliphatic rings. The lowest BCUT2D eigenvalue weighted by Gasteiger charge is -2.21. The first kappa shape index (κ1) is 18.8. The van der Waals surface area contributed by atoms with Gasteiger partial charge in [-0.1, -0.05) is 6.07 Å². The van der Waals surface area contributed by atoms with Crippen LogP contribution in [0.5, 0.6) is 0 Å². The molecule has 9 heteroatoms. The summed E-state index contributed by atoms with van der Waals surface area (Å²) in [5.74, 6) is -3.75. The number of hydrogen-bond donors (Lipinski definition) is 1. The van der Waals surface area contributed by atoms with Crippen LogP contribution < -0.4 is 5.32 Å². The highest BCUT2D eigenvalue weighted by Gasteiger charge is 2.34. The third kappa shape index (κ3) is 3.90. The standard InChI is InChI=1S/C15H20F2N2O4S/c1-9-4-5-11(14(17)13(9)16)15(20)18-12-7-23-6-10(12)8-24(21,22)19(2)3/h4-5,10,12H,6-8H2,1-3H3,(H,18,20)/t10-,12+/m0/s1. The van der Waals surface area contributed by atoms with Gasteiger partial charge in [0.25, 0.3) is 5.91 Å². The van der Waals surface area contributed by atoms with E-state index in [0.717, 1.165) is 4.31 Å². The van der Waals surface area contributed by atoms with Gasteiger partial charge in [0, 0.05) is 20.0 Å². The van der Waals surface area contributed by atoms with E-state index in [-0.39, 0.29) is 24.5 Å². The Kier molecular flexibility index (Phi) is 5.56. The topological polar surface area (TPSA) is 75.7 Å². The molecule has 1 aromatic carbocycles. The van der Waals surface area contributed by atoms with Crippen molar-refractivity contribution in [1.29, 1.82) is 0 Å². The van der Waals surface area contributed by atoms with E-state index in [0.29, 0.717) is 0 Å². The van der Waals surface area contributed by atoms with Crippen LogP contribution in [0, 0.1) is 24.5 Å². The fraction of sp³-hybridized carbons (Fsp3) is 0.533. The monoisotopic (exact) mass is 362 g/mol. The van der Waals surface area contributed by atoms with E-state index < -0.39 is 45.1 Å². The summed E-state index contributed by atoms with van der Waals surface area (Å²) < 4.78 is 57.8. The summed E-state index contributed by atoms with van der Waals surface area (Å²) >= 11 is 0. The first-order chi connectivity index (χ1) is 11.1. The minimum atomic E-state index is -3.47. The fourth-order valence-corrected chi connectivity index (χ4v) is 3.58. The molecule has 0 aromatic heterocycles. The van der Waals surface area contributed by atoms with Gasteiger partial charge < -0.3 is 10.1 Å². The third-order valence-corrected chi connectivity index (χ3v) is 5.98. The number of carbonyl (C=O) groups excluding carboxylic acids is 1. The number of nitrogens with zero attached hydrogens (tertiary/aromatic N) is 1. The second-order valence-corrected chi connectivity index (χ2v) is 8.22. The van der Waals surface area contributed by atoms with Crippen LogP contribution in [0.3, 0.4) is 0 Å². The molecule has 1 N–H and O–H groups in total. The van der Waals surface area contributed by atoms with Crippen LogP contribution in [0.1, 0.15) is 15.9 Å². The van der Waals surface area contributed by atoms with E-state index in [1.165, 1.54) is 33.2 Å². The summed E-state index contributed by atoms with van der Waals surface area (Å²) in [6.45, 7) is 1.69. The normalized spacial score (nSPS) is 21.2. The second-order valence-electron chi connectivity index (χ2n) is 6.00. The number of halogens is 2. The quantitative estimate of drug-likeness (QED) is 0.845. The molecule has 1 saturated heterocycles. The number of sulfonamides is 1. The van der Waals surface area contributed by atoms with Crippen molar-refractivity contribution in [3.8, 4) is 0 Å². The van der Waals surface area contributed by atoms with E-state index in [2.05, 4.69) is 5.32 Å². The zero-order chi connectivity index (χ0) is 18.1. The molecule has 0 radical (unpaired) electrons. The van der Waals surface area contributed by atoms with E-state index >= 15 is 0 Å². The number of aryl methyl sites for hydroxylation is 1. The van der Waals surface area contributed by atoms with E-state index in [9.17, 15) is 22.0 Å². The van der Waals surface area contributed by atoms with Crippen molar-refractivity contribution in [2.75, 3.05) is 33.1 Å². The highest BCUT2D eigenvalue weighted by molar-refractivity contribution is 7.89. The first-order valence-corrected chi connectivity index (χ1v) is 8.98. The first-order valence-electron chi connectivity index (χ1n) is 7.37. The van der Waals surface area contributed by atoms with Gasteiger partial charge in [-0.2, -0.15) is 0 Å². The van der Waals surface area contributed by atoms with Crippen LogP contribution in [0.4, 0.5) is 8.78 Å². The van der Waals surface area contributed by atoms with E-state index in [4.69, 9.17) is 4.74 Å². The van der Waals surface area contributed by atoms with Crippen molar-refractivity contribution in [1.82, 2.24) is 9.62 Å². The molecule has 1 fully saturated rings. The predicted octanol–water partition coefficient (Wildman–Crippen LogP) is 0.909. The highest BCUT2D eigenvalue weighted by atomic mass is 32.2. The largest absolute Gasteiger partial charge is 0.379 e. The molecule has 0 aliphatic carbocycles. The molecule has 0 bridgehead atoms. The summed E-state index contributed by atoms with van der Waals surface area (Å²) in [5, 5.41) is 2.54. The average Bonchev–Trinajstić information content (AvgIpc) is 2.91. The molecule has 2 rings (SSSR count). The molecule has 0 saturated carbocycles. The van der Waals surface area contributed by atoms with Gasteiger partial charge in [0.2, 0.25) is 10.0 Å². The maximum Gasteiger partial charge on any atom is 0.254 e. The number of hydrogen-bond acceptors (Lipinski definition) is 4. The van der Waals surface area contributed by atoms with Crippen molar-refractivity contribution in [3.05, 3.63) is 34.9 Å². The van der Waals surface area contributed by atoms with Crippen LogP contribution in [-0.4, -0.2) is 57.7 Å². The number of amides is 1. The van der Waals surface area contributed by atoms with Crippen molar-refractivity contribution >= 4 is 15.9 Å². The molecule has 0 spiro atoms. The molecule has 6 nitrogen and oxygen atoms in total. The molecule has 1 heterocycles. The Morgan fingerprint density at radius 1 is 1.29 bits per heavy atom. The smallest absolute Gasteiger partial charge is 0.254 e.